The number of ether oxygens (including phenoxy) is 1. The van der Waals surface area contributed by atoms with Crippen molar-refractivity contribution >= 4 is 5.69 Å². The second-order valence-corrected chi connectivity index (χ2v) is 6.03. The van der Waals surface area contributed by atoms with Gasteiger partial charge in [-0.1, -0.05) is 47.6 Å². The molecule has 0 aliphatic rings. The number of rotatable bonds is 6. The van der Waals surface area contributed by atoms with E-state index in [1.54, 1.807) is 12.1 Å². The average Bonchev–Trinajstić information content (AvgIpc) is 3.24. The average molecular weight is 373 g/mol. The molecule has 0 fully saturated rings. The van der Waals surface area contributed by atoms with Gasteiger partial charge in [-0.25, -0.2) is 0 Å². The Kier molecular flexibility index (Phi) is 4.79. The van der Waals surface area contributed by atoms with Gasteiger partial charge in [0.2, 0.25) is 5.82 Å². The van der Waals surface area contributed by atoms with Crippen LogP contribution in [0.1, 0.15) is 5.56 Å². The molecule has 4 aromatic rings. The molecule has 4 rings (SSSR count). The summed E-state index contributed by atoms with van der Waals surface area (Å²) in [6.45, 7) is 0.311. The Morgan fingerprint density at radius 3 is 2.43 bits per heavy atom. The molecule has 0 radical (unpaired) electrons. The van der Waals surface area contributed by atoms with Gasteiger partial charge in [-0.2, -0.15) is 4.98 Å². The number of non-ortho nitro benzene ring substituents is 1. The molecular formula is C21H15N3O4. The lowest BCUT2D eigenvalue weighted by Crippen LogP contribution is -1.96. The second kappa shape index (κ2) is 7.71. The molecule has 0 spiro atoms. The molecule has 0 atom stereocenters. The van der Waals surface area contributed by atoms with E-state index in [1.165, 1.54) is 12.1 Å². The number of aromatic nitrogens is 2. The molecule has 1 aromatic heterocycles. The van der Waals surface area contributed by atoms with Crippen LogP contribution in [-0.2, 0) is 6.61 Å². The first kappa shape index (κ1) is 17.4. The summed E-state index contributed by atoms with van der Waals surface area (Å²) in [6.07, 6.45) is 0. The minimum absolute atomic E-state index is 0.0277. The lowest BCUT2D eigenvalue weighted by Gasteiger charge is -2.06. The van der Waals surface area contributed by atoms with E-state index in [-0.39, 0.29) is 5.69 Å². The first-order chi connectivity index (χ1) is 13.7. The van der Waals surface area contributed by atoms with Crippen molar-refractivity contribution in [3.05, 3.63) is 94.5 Å². The SMILES string of the molecule is O=[N+]([O-])c1ccc(OCc2cccc(-c3nc(-c4ccccc4)no3)c2)cc1. The van der Waals surface area contributed by atoms with Crippen LogP contribution in [0.2, 0.25) is 0 Å². The van der Waals surface area contributed by atoms with E-state index >= 15 is 0 Å². The Labute approximate surface area is 160 Å². The van der Waals surface area contributed by atoms with Crippen molar-refractivity contribution in [2.45, 2.75) is 6.61 Å². The highest BCUT2D eigenvalue weighted by Gasteiger charge is 2.11. The van der Waals surface area contributed by atoms with Crippen molar-refractivity contribution in [1.29, 1.82) is 0 Å². The molecule has 0 N–H and O–H groups in total. The number of hydrogen-bond donors (Lipinski definition) is 0. The molecule has 0 saturated heterocycles. The van der Waals surface area contributed by atoms with Crippen LogP contribution in [0, 0.1) is 10.1 Å². The summed E-state index contributed by atoms with van der Waals surface area (Å²) in [5.41, 5.74) is 2.62. The monoisotopic (exact) mass is 373 g/mol. The summed E-state index contributed by atoms with van der Waals surface area (Å²) >= 11 is 0. The zero-order chi connectivity index (χ0) is 19.3. The highest BCUT2D eigenvalue weighted by molar-refractivity contribution is 5.60. The van der Waals surface area contributed by atoms with E-state index in [1.807, 2.05) is 54.6 Å². The molecular weight excluding hydrogens is 358 g/mol. The van der Waals surface area contributed by atoms with Gasteiger partial charge in [0, 0.05) is 23.3 Å². The Balaban J connectivity index is 1.47. The van der Waals surface area contributed by atoms with Gasteiger partial charge in [-0.3, -0.25) is 10.1 Å². The quantitative estimate of drug-likeness (QED) is 0.353. The van der Waals surface area contributed by atoms with Gasteiger partial charge in [0.05, 0.1) is 4.92 Å². The van der Waals surface area contributed by atoms with E-state index in [0.717, 1.165) is 16.7 Å². The van der Waals surface area contributed by atoms with Crippen molar-refractivity contribution in [1.82, 2.24) is 10.1 Å². The minimum Gasteiger partial charge on any atom is -0.489 e. The van der Waals surface area contributed by atoms with E-state index in [0.29, 0.717) is 24.1 Å². The number of hydrogen-bond acceptors (Lipinski definition) is 6. The van der Waals surface area contributed by atoms with Crippen molar-refractivity contribution < 1.29 is 14.2 Å². The van der Waals surface area contributed by atoms with E-state index in [4.69, 9.17) is 9.26 Å². The maximum absolute atomic E-state index is 10.7. The molecule has 0 aliphatic carbocycles. The van der Waals surface area contributed by atoms with E-state index in [9.17, 15) is 10.1 Å². The van der Waals surface area contributed by atoms with Crippen LogP contribution in [0.25, 0.3) is 22.8 Å². The fourth-order valence-corrected chi connectivity index (χ4v) is 2.67. The number of nitro benzene ring substituents is 1. The Morgan fingerprint density at radius 2 is 1.68 bits per heavy atom. The van der Waals surface area contributed by atoms with Crippen LogP contribution in [0.4, 0.5) is 5.69 Å². The maximum Gasteiger partial charge on any atom is 0.269 e. The molecule has 28 heavy (non-hydrogen) atoms. The van der Waals surface area contributed by atoms with Crippen LogP contribution < -0.4 is 4.74 Å². The lowest BCUT2D eigenvalue weighted by molar-refractivity contribution is -0.384. The van der Waals surface area contributed by atoms with Crippen LogP contribution in [0.5, 0.6) is 5.75 Å². The van der Waals surface area contributed by atoms with Crippen molar-refractivity contribution in [3.63, 3.8) is 0 Å². The molecule has 0 amide bonds. The van der Waals surface area contributed by atoms with Gasteiger partial charge >= 0.3 is 0 Å². The molecule has 1 heterocycles. The van der Waals surface area contributed by atoms with Gasteiger partial charge in [0.1, 0.15) is 12.4 Å². The Bertz CT molecular complexity index is 1090. The molecule has 0 unspecified atom stereocenters. The number of benzene rings is 3. The van der Waals surface area contributed by atoms with Crippen molar-refractivity contribution in [2.75, 3.05) is 0 Å². The van der Waals surface area contributed by atoms with E-state index in [2.05, 4.69) is 10.1 Å². The smallest absolute Gasteiger partial charge is 0.269 e. The fourth-order valence-electron chi connectivity index (χ4n) is 2.67. The standard InChI is InChI=1S/C21H15N3O4/c25-24(26)18-9-11-19(12-10-18)27-14-15-5-4-8-17(13-15)21-22-20(23-28-21)16-6-2-1-3-7-16/h1-13H,14H2. The zero-order valence-electron chi connectivity index (χ0n) is 14.7. The molecule has 0 bridgehead atoms. The third kappa shape index (κ3) is 3.88. The molecule has 7 nitrogen and oxygen atoms in total. The summed E-state index contributed by atoms with van der Waals surface area (Å²) in [5, 5.41) is 14.7. The highest BCUT2D eigenvalue weighted by Crippen LogP contribution is 2.24. The Morgan fingerprint density at radius 1 is 0.929 bits per heavy atom. The third-order valence-corrected chi connectivity index (χ3v) is 4.08. The summed E-state index contributed by atoms with van der Waals surface area (Å²) < 4.78 is 11.1. The first-order valence-electron chi connectivity index (χ1n) is 8.55. The summed E-state index contributed by atoms with van der Waals surface area (Å²) in [4.78, 5) is 14.7. The number of nitrogens with zero attached hydrogens (tertiary/aromatic N) is 3. The molecule has 0 aliphatic heterocycles. The van der Waals surface area contributed by atoms with Crippen LogP contribution in [0.15, 0.2) is 83.4 Å². The van der Waals surface area contributed by atoms with Gasteiger partial charge < -0.3 is 9.26 Å². The fraction of sp³-hybridized carbons (Fsp3) is 0.0476. The topological polar surface area (TPSA) is 91.3 Å². The predicted molar refractivity (Wildman–Crippen MR) is 103 cm³/mol. The normalized spacial score (nSPS) is 10.6. The highest BCUT2D eigenvalue weighted by atomic mass is 16.6. The maximum atomic E-state index is 10.7. The summed E-state index contributed by atoms with van der Waals surface area (Å²) in [5.74, 6) is 1.51. The van der Waals surface area contributed by atoms with E-state index < -0.39 is 4.92 Å². The number of nitro groups is 1. The van der Waals surface area contributed by atoms with Gasteiger partial charge in [0.15, 0.2) is 0 Å². The Hall–Kier alpha value is -4.00. The van der Waals surface area contributed by atoms with Crippen LogP contribution in [0.3, 0.4) is 0 Å². The first-order valence-corrected chi connectivity index (χ1v) is 8.55. The third-order valence-electron chi connectivity index (χ3n) is 4.08. The molecule has 3 aromatic carbocycles. The lowest BCUT2D eigenvalue weighted by atomic mass is 10.1. The van der Waals surface area contributed by atoms with Gasteiger partial charge in [-0.05, 0) is 29.8 Å². The second-order valence-electron chi connectivity index (χ2n) is 6.03. The predicted octanol–water partition coefficient (Wildman–Crippen LogP) is 4.89. The molecule has 0 saturated carbocycles. The van der Waals surface area contributed by atoms with Crippen LogP contribution >= 0.6 is 0 Å². The molecule has 138 valence electrons. The molecule has 7 heteroatoms. The summed E-state index contributed by atoms with van der Waals surface area (Å²) in [7, 11) is 0. The van der Waals surface area contributed by atoms with Crippen molar-refractivity contribution in [2.24, 2.45) is 0 Å². The van der Waals surface area contributed by atoms with Crippen molar-refractivity contribution in [3.8, 4) is 28.6 Å². The van der Waals surface area contributed by atoms with Crippen LogP contribution in [-0.4, -0.2) is 15.1 Å². The zero-order valence-corrected chi connectivity index (χ0v) is 14.7. The minimum atomic E-state index is -0.443. The largest absolute Gasteiger partial charge is 0.489 e. The van der Waals surface area contributed by atoms with Gasteiger partial charge in [0.25, 0.3) is 11.6 Å². The van der Waals surface area contributed by atoms with Gasteiger partial charge in [-0.15, -0.1) is 0 Å². The summed E-state index contributed by atoms with van der Waals surface area (Å²) in [6, 6.07) is 23.2.